The molecule has 10 nitrogen and oxygen atoms in total. The van der Waals surface area contributed by atoms with E-state index < -0.39 is 5.60 Å². The lowest BCUT2D eigenvalue weighted by atomic mass is 10.0. The van der Waals surface area contributed by atoms with Crippen LogP contribution >= 0.6 is 0 Å². The molecule has 0 spiro atoms. The molecule has 2 heterocycles. The van der Waals surface area contributed by atoms with Gasteiger partial charge < -0.3 is 29.0 Å². The second kappa shape index (κ2) is 13.5. The first-order valence-electron chi connectivity index (χ1n) is 13.1. The van der Waals surface area contributed by atoms with E-state index >= 15 is 0 Å². The number of carbonyl (C=O) groups excluding carboxylic acids is 1. The lowest BCUT2D eigenvalue weighted by Gasteiger charge is -2.33. The maximum absolute atomic E-state index is 12.7. The second-order valence-electron chi connectivity index (χ2n) is 9.90. The number of methoxy groups -OCH3 is 2. The van der Waals surface area contributed by atoms with E-state index in [4.69, 9.17) is 18.9 Å². The number of rotatable bonds is 12. The number of nitrogens with zero attached hydrogens (tertiary/aromatic N) is 4. The van der Waals surface area contributed by atoms with Gasteiger partial charge in [-0.15, -0.1) is 0 Å². The zero-order valence-corrected chi connectivity index (χ0v) is 22.9. The highest BCUT2D eigenvalue weighted by Gasteiger charge is 2.37. The molecule has 0 bridgehead atoms. The van der Waals surface area contributed by atoms with E-state index in [0.29, 0.717) is 56.6 Å². The standard InChI is InChI=1S/C29H38N4O6/c1-23-16-30-33(17-23)13-14-38-26-10-9-24(15-27(26)37-3)18-31-11-12-32(28(34)19-36-2)21-29(35,20-31)22-39-25-7-5-4-6-8-25/h4-10,15-17,35H,11-14,18-22H2,1-3H3. The minimum Gasteiger partial charge on any atom is -0.493 e. The smallest absolute Gasteiger partial charge is 0.248 e. The zero-order chi connectivity index (χ0) is 27.7. The Morgan fingerprint density at radius 3 is 2.59 bits per heavy atom. The van der Waals surface area contributed by atoms with Crippen LogP contribution in [0.4, 0.5) is 0 Å². The van der Waals surface area contributed by atoms with E-state index in [1.54, 1.807) is 12.0 Å². The number of benzene rings is 2. The number of carbonyl (C=O) groups is 1. The molecule has 1 aromatic heterocycles. The second-order valence-corrected chi connectivity index (χ2v) is 9.90. The van der Waals surface area contributed by atoms with E-state index in [2.05, 4.69) is 10.00 Å². The molecule has 210 valence electrons. The SMILES string of the molecule is COCC(=O)N1CCN(Cc2ccc(OCCn3cc(C)cn3)c(OC)c2)CC(O)(COc2ccccc2)C1. The Labute approximate surface area is 229 Å². The summed E-state index contributed by atoms with van der Waals surface area (Å²) >= 11 is 0. The van der Waals surface area contributed by atoms with Crippen LogP contribution in [0.1, 0.15) is 11.1 Å². The van der Waals surface area contributed by atoms with Crippen LogP contribution < -0.4 is 14.2 Å². The van der Waals surface area contributed by atoms with Gasteiger partial charge in [0.2, 0.25) is 5.91 Å². The van der Waals surface area contributed by atoms with Gasteiger partial charge in [-0.05, 0) is 42.3 Å². The van der Waals surface area contributed by atoms with Gasteiger partial charge in [0.15, 0.2) is 11.5 Å². The molecule has 3 aromatic rings. The Morgan fingerprint density at radius 1 is 1.05 bits per heavy atom. The third-order valence-corrected chi connectivity index (χ3v) is 6.53. The van der Waals surface area contributed by atoms with Gasteiger partial charge in [-0.1, -0.05) is 24.3 Å². The number of β-amino-alcohol motifs (C(OH)–C–C–N with tert-alkyl or cyclic N) is 1. The summed E-state index contributed by atoms with van der Waals surface area (Å²) in [6.45, 7) is 5.23. The van der Waals surface area contributed by atoms with Gasteiger partial charge in [-0.3, -0.25) is 14.4 Å². The first kappa shape index (κ1) is 28.4. The van der Waals surface area contributed by atoms with Crippen LogP contribution in [0.2, 0.25) is 0 Å². The Bertz CT molecular complexity index is 1200. The van der Waals surface area contributed by atoms with Crippen LogP contribution in [0.15, 0.2) is 60.9 Å². The van der Waals surface area contributed by atoms with E-state index in [-0.39, 0.29) is 25.7 Å². The molecule has 1 unspecified atom stereocenters. The van der Waals surface area contributed by atoms with Gasteiger partial charge in [-0.25, -0.2) is 0 Å². The number of aliphatic hydroxyl groups is 1. The molecule has 1 aliphatic heterocycles. The molecular formula is C29H38N4O6. The number of para-hydroxylation sites is 1. The Kier molecular flexibility index (Phi) is 9.80. The number of aromatic nitrogens is 2. The summed E-state index contributed by atoms with van der Waals surface area (Å²) in [6.07, 6.45) is 3.79. The molecule has 0 aliphatic carbocycles. The monoisotopic (exact) mass is 538 g/mol. The van der Waals surface area contributed by atoms with Crippen molar-refractivity contribution in [2.24, 2.45) is 0 Å². The molecule has 1 atom stereocenters. The first-order valence-corrected chi connectivity index (χ1v) is 13.1. The number of ether oxygens (including phenoxy) is 4. The third kappa shape index (κ3) is 8.19. The lowest BCUT2D eigenvalue weighted by Crippen LogP contribution is -2.52. The summed E-state index contributed by atoms with van der Waals surface area (Å²) in [6, 6.07) is 15.2. The van der Waals surface area contributed by atoms with Crippen molar-refractivity contribution >= 4 is 5.91 Å². The van der Waals surface area contributed by atoms with Crippen LogP contribution in [0.5, 0.6) is 17.2 Å². The fraction of sp³-hybridized carbons (Fsp3) is 0.448. The van der Waals surface area contributed by atoms with E-state index in [9.17, 15) is 9.90 Å². The molecule has 1 amide bonds. The number of aryl methyl sites for hydroxylation is 1. The third-order valence-electron chi connectivity index (χ3n) is 6.53. The van der Waals surface area contributed by atoms with Crippen LogP contribution in [0.25, 0.3) is 0 Å². The van der Waals surface area contributed by atoms with Crippen molar-refractivity contribution in [2.75, 3.05) is 60.2 Å². The summed E-state index contributed by atoms with van der Waals surface area (Å²) in [5, 5.41) is 15.9. The highest BCUT2D eigenvalue weighted by atomic mass is 16.5. The molecule has 4 rings (SSSR count). The fourth-order valence-electron chi connectivity index (χ4n) is 4.66. The predicted molar refractivity (Wildman–Crippen MR) is 146 cm³/mol. The molecule has 39 heavy (non-hydrogen) atoms. The molecule has 0 saturated carbocycles. The molecule has 1 N–H and O–H groups in total. The molecule has 0 radical (unpaired) electrons. The van der Waals surface area contributed by atoms with E-state index in [0.717, 1.165) is 11.1 Å². The van der Waals surface area contributed by atoms with Crippen molar-refractivity contribution in [1.82, 2.24) is 19.6 Å². The van der Waals surface area contributed by atoms with Gasteiger partial charge in [0.1, 0.15) is 31.2 Å². The van der Waals surface area contributed by atoms with Crippen LogP contribution in [0.3, 0.4) is 0 Å². The minimum absolute atomic E-state index is 0.0334. The first-order chi connectivity index (χ1) is 18.9. The zero-order valence-electron chi connectivity index (χ0n) is 22.9. The van der Waals surface area contributed by atoms with Crippen LogP contribution in [-0.2, 0) is 22.6 Å². The topological polar surface area (TPSA) is 98.5 Å². The Hall–Kier alpha value is -3.60. The molecule has 10 heteroatoms. The van der Waals surface area contributed by atoms with Crippen molar-refractivity contribution < 1.29 is 28.8 Å². The van der Waals surface area contributed by atoms with E-state index in [1.807, 2.05) is 72.5 Å². The van der Waals surface area contributed by atoms with E-state index in [1.165, 1.54) is 7.11 Å². The quantitative estimate of drug-likeness (QED) is 0.375. The molecule has 2 aromatic carbocycles. The maximum atomic E-state index is 12.7. The highest BCUT2D eigenvalue weighted by molar-refractivity contribution is 5.77. The van der Waals surface area contributed by atoms with Gasteiger partial charge in [0, 0.05) is 39.5 Å². The van der Waals surface area contributed by atoms with Crippen molar-refractivity contribution in [3.63, 3.8) is 0 Å². The van der Waals surface area contributed by atoms with Gasteiger partial charge in [0.25, 0.3) is 0 Å². The Morgan fingerprint density at radius 2 is 1.87 bits per heavy atom. The number of amides is 1. The summed E-state index contributed by atoms with van der Waals surface area (Å²) in [7, 11) is 3.11. The highest BCUT2D eigenvalue weighted by Crippen LogP contribution is 2.29. The number of hydrogen-bond acceptors (Lipinski definition) is 8. The maximum Gasteiger partial charge on any atom is 0.248 e. The van der Waals surface area contributed by atoms with Gasteiger partial charge >= 0.3 is 0 Å². The summed E-state index contributed by atoms with van der Waals surface area (Å²) in [5.41, 5.74) is 0.841. The summed E-state index contributed by atoms with van der Waals surface area (Å²) < 4.78 is 24.4. The fourth-order valence-corrected chi connectivity index (χ4v) is 4.66. The van der Waals surface area contributed by atoms with Crippen molar-refractivity contribution in [2.45, 2.75) is 25.6 Å². The van der Waals surface area contributed by atoms with Crippen molar-refractivity contribution in [3.8, 4) is 17.2 Å². The molecule has 1 fully saturated rings. The summed E-state index contributed by atoms with van der Waals surface area (Å²) in [5.74, 6) is 1.80. The lowest BCUT2D eigenvalue weighted by molar-refractivity contribution is -0.138. The summed E-state index contributed by atoms with van der Waals surface area (Å²) in [4.78, 5) is 16.4. The van der Waals surface area contributed by atoms with Crippen LogP contribution in [0, 0.1) is 6.92 Å². The average Bonchev–Trinajstić information content (AvgIpc) is 3.27. The molecule has 1 aliphatic rings. The number of hydrogen-bond donors (Lipinski definition) is 1. The van der Waals surface area contributed by atoms with Crippen molar-refractivity contribution in [3.05, 3.63) is 72.1 Å². The molecule has 1 saturated heterocycles. The Balaban J connectivity index is 1.43. The predicted octanol–water partition coefficient (Wildman–Crippen LogP) is 2.38. The average molecular weight is 539 g/mol. The van der Waals surface area contributed by atoms with Gasteiger partial charge in [-0.2, -0.15) is 5.10 Å². The van der Waals surface area contributed by atoms with Gasteiger partial charge in [0.05, 0.1) is 26.4 Å². The van der Waals surface area contributed by atoms with Crippen molar-refractivity contribution in [1.29, 1.82) is 0 Å². The normalized spacial score (nSPS) is 18.0. The van der Waals surface area contributed by atoms with Crippen LogP contribution in [-0.4, -0.2) is 96.4 Å². The molecular weight excluding hydrogens is 500 g/mol. The minimum atomic E-state index is -1.27. The largest absolute Gasteiger partial charge is 0.493 e.